The maximum Gasteiger partial charge on any atom is 0.306 e. The predicted molar refractivity (Wildman–Crippen MR) is 124 cm³/mol. The van der Waals surface area contributed by atoms with Gasteiger partial charge < -0.3 is 14.7 Å². The summed E-state index contributed by atoms with van der Waals surface area (Å²) in [6.45, 7) is 6.46. The molecule has 3 aliphatic rings. The Bertz CT molecular complexity index is 1230. The number of fused-ring (bicyclic) bond motifs is 3. The highest BCUT2D eigenvalue weighted by Crippen LogP contribution is 2.44. The average molecular weight is 448 g/mol. The van der Waals surface area contributed by atoms with Gasteiger partial charge in [0, 0.05) is 37.3 Å². The molecule has 2 aromatic heterocycles. The quantitative estimate of drug-likeness (QED) is 0.653. The van der Waals surface area contributed by atoms with Gasteiger partial charge in [0.05, 0.1) is 17.6 Å². The molecule has 0 spiro atoms. The maximum absolute atomic E-state index is 11.5. The van der Waals surface area contributed by atoms with E-state index in [1.54, 1.807) is 0 Å². The van der Waals surface area contributed by atoms with Crippen LogP contribution in [0.25, 0.3) is 16.7 Å². The zero-order valence-corrected chi connectivity index (χ0v) is 19.1. The fourth-order valence-electron chi connectivity index (χ4n) is 6.16. The molecular weight excluding hydrogens is 418 g/mol. The molecular formula is C25H29N5O3. The number of piperidine rings is 1. The van der Waals surface area contributed by atoms with Gasteiger partial charge in [0.1, 0.15) is 11.6 Å². The third-order valence-corrected chi connectivity index (χ3v) is 7.80. The van der Waals surface area contributed by atoms with Crippen molar-refractivity contribution in [1.29, 1.82) is 0 Å². The molecule has 6 rings (SSSR count). The van der Waals surface area contributed by atoms with Crippen LogP contribution in [0, 0.1) is 25.7 Å². The van der Waals surface area contributed by atoms with E-state index in [9.17, 15) is 9.90 Å². The fraction of sp³-hybridized carbons (Fsp3) is 0.520. The highest BCUT2D eigenvalue weighted by atomic mass is 16.5. The van der Waals surface area contributed by atoms with E-state index in [1.165, 1.54) is 11.1 Å². The lowest BCUT2D eigenvalue weighted by molar-refractivity contribution is -0.143. The Kier molecular flexibility index (Phi) is 4.87. The molecule has 3 aromatic rings. The van der Waals surface area contributed by atoms with Gasteiger partial charge in [-0.05, 0) is 74.6 Å². The van der Waals surface area contributed by atoms with Gasteiger partial charge in [-0.25, -0.2) is 14.6 Å². The molecule has 172 valence electrons. The van der Waals surface area contributed by atoms with E-state index < -0.39 is 5.97 Å². The molecule has 3 atom stereocenters. The first kappa shape index (κ1) is 20.6. The summed E-state index contributed by atoms with van der Waals surface area (Å²) in [4.78, 5) is 23.2. The number of hydrogen-bond acceptors (Lipinski definition) is 6. The van der Waals surface area contributed by atoms with Crippen LogP contribution in [0.2, 0.25) is 0 Å². The van der Waals surface area contributed by atoms with Gasteiger partial charge in [0.15, 0.2) is 5.82 Å². The van der Waals surface area contributed by atoms with Crippen LogP contribution in [0.3, 0.4) is 0 Å². The van der Waals surface area contributed by atoms with E-state index in [1.807, 2.05) is 23.9 Å². The number of hydrogen-bond donors (Lipinski definition) is 1. The lowest BCUT2D eigenvalue weighted by Crippen LogP contribution is -2.38. The van der Waals surface area contributed by atoms with Gasteiger partial charge in [-0.3, -0.25) is 4.79 Å². The van der Waals surface area contributed by atoms with Crippen LogP contribution in [0.5, 0.6) is 0 Å². The third-order valence-electron chi connectivity index (χ3n) is 7.80. The van der Waals surface area contributed by atoms with Crippen LogP contribution in [0.4, 0.5) is 5.82 Å². The summed E-state index contributed by atoms with van der Waals surface area (Å²) < 4.78 is 7.49. The molecule has 2 aliphatic heterocycles. The van der Waals surface area contributed by atoms with Gasteiger partial charge in [0.25, 0.3) is 0 Å². The summed E-state index contributed by atoms with van der Waals surface area (Å²) in [7, 11) is 0. The molecule has 0 amide bonds. The molecule has 1 N–H and O–H groups in total. The van der Waals surface area contributed by atoms with Crippen LogP contribution in [-0.2, 0) is 9.53 Å². The molecule has 1 aromatic carbocycles. The van der Waals surface area contributed by atoms with Crippen molar-refractivity contribution >= 4 is 22.7 Å². The number of rotatable bonds is 4. The molecule has 3 unspecified atom stereocenters. The summed E-state index contributed by atoms with van der Waals surface area (Å²) in [6, 6.07) is 6.74. The molecule has 8 heteroatoms. The minimum absolute atomic E-state index is 0.196. The van der Waals surface area contributed by atoms with E-state index in [0.29, 0.717) is 18.2 Å². The number of anilines is 1. The molecule has 2 bridgehead atoms. The fourth-order valence-corrected chi connectivity index (χ4v) is 6.16. The number of aromatic nitrogens is 4. The number of ether oxygens (including phenoxy) is 1. The van der Waals surface area contributed by atoms with E-state index >= 15 is 0 Å². The van der Waals surface area contributed by atoms with Crippen LogP contribution >= 0.6 is 0 Å². The van der Waals surface area contributed by atoms with Crippen molar-refractivity contribution in [1.82, 2.24) is 19.7 Å². The maximum atomic E-state index is 11.5. The van der Waals surface area contributed by atoms with Gasteiger partial charge in [-0.1, -0.05) is 0 Å². The Morgan fingerprint density at radius 2 is 1.88 bits per heavy atom. The van der Waals surface area contributed by atoms with Crippen LogP contribution in [0.15, 0.2) is 24.4 Å². The SMILES string of the molecule is Cc1nc(N2CC3CC2CC3C(=O)O)cc(-n2ncc3cc(C)c(C4CCOCC4)cc32)n1. The van der Waals surface area contributed by atoms with Gasteiger partial charge >= 0.3 is 5.97 Å². The number of carboxylic acids is 1. The highest BCUT2D eigenvalue weighted by molar-refractivity contribution is 5.82. The Balaban J connectivity index is 1.36. The van der Waals surface area contributed by atoms with E-state index in [2.05, 4.69) is 24.0 Å². The van der Waals surface area contributed by atoms with Crippen molar-refractivity contribution in [2.45, 2.75) is 51.5 Å². The number of carboxylic acid groups (broad SMARTS) is 1. The monoisotopic (exact) mass is 447 g/mol. The molecule has 2 saturated heterocycles. The van der Waals surface area contributed by atoms with E-state index in [4.69, 9.17) is 19.8 Å². The molecule has 0 radical (unpaired) electrons. The van der Waals surface area contributed by atoms with Crippen molar-refractivity contribution in [2.75, 3.05) is 24.7 Å². The molecule has 33 heavy (non-hydrogen) atoms. The topological polar surface area (TPSA) is 93.4 Å². The summed E-state index contributed by atoms with van der Waals surface area (Å²) in [5.74, 6) is 2.13. The van der Waals surface area contributed by atoms with Gasteiger partial charge in [0.2, 0.25) is 0 Å². The lowest BCUT2D eigenvalue weighted by atomic mass is 9.88. The zero-order chi connectivity index (χ0) is 22.7. The summed E-state index contributed by atoms with van der Waals surface area (Å²) in [6.07, 6.45) is 5.62. The molecule has 8 nitrogen and oxygen atoms in total. The molecule has 1 aliphatic carbocycles. The first-order valence-corrected chi connectivity index (χ1v) is 11.9. The summed E-state index contributed by atoms with van der Waals surface area (Å²) in [5.41, 5.74) is 3.73. The number of benzene rings is 1. The summed E-state index contributed by atoms with van der Waals surface area (Å²) in [5, 5.41) is 15.3. The Hall–Kier alpha value is -3.00. The average Bonchev–Trinajstić information content (AvgIpc) is 3.52. The second kappa shape index (κ2) is 7.80. The Morgan fingerprint density at radius 3 is 2.61 bits per heavy atom. The summed E-state index contributed by atoms with van der Waals surface area (Å²) >= 11 is 0. The first-order valence-electron chi connectivity index (χ1n) is 11.9. The van der Waals surface area contributed by atoms with Crippen molar-refractivity contribution in [3.05, 3.63) is 41.3 Å². The molecule has 3 fully saturated rings. The molecule has 1 saturated carbocycles. The minimum atomic E-state index is -0.666. The third kappa shape index (κ3) is 3.47. The second-order valence-corrected chi connectivity index (χ2v) is 9.82. The Morgan fingerprint density at radius 1 is 1.09 bits per heavy atom. The van der Waals surface area contributed by atoms with Gasteiger partial charge in [-0.2, -0.15) is 5.10 Å². The smallest absolute Gasteiger partial charge is 0.306 e. The Labute approximate surface area is 192 Å². The highest BCUT2D eigenvalue weighted by Gasteiger charge is 2.48. The number of aryl methyl sites for hydroxylation is 2. The van der Waals surface area contributed by atoms with Crippen molar-refractivity contribution in [2.24, 2.45) is 11.8 Å². The lowest BCUT2D eigenvalue weighted by Gasteiger charge is -2.31. The van der Waals surface area contributed by atoms with Crippen LogP contribution in [-0.4, -0.2) is 56.6 Å². The standard InChI is InChI=1S/C25H29N5O3/c1-14-7-17-12-26-30(22(17)10-20(14)16-3-5-33-6-4-16)24-11-23(27-15(2)28-24)29-13-18-8-19(29)9-21(18)25(31)32/h7,10-12,16,18-19,21H,3-6,8-9,13H2,1-2H3,(H,31,32). The van der Waals surface area contributed by atoms with E-state index in [0.717, 1.165) is 61.6 Å². The van der Waals surface area contributed by atoms with Crippen molar-refractivity contribution in [3.8, 4) is 5.82 Å². The van der Waals surface area contributed by atoms with Crippen molar-refractivity contribution in [3.63, 3.8) is 0 Å². The number of nitrogens with zero attached hydrogens (tertiary/aromatic N) is 5. The van der Waals surface area contributed by atoms with Gasteiger partial charge in [-0.15, -0.1) is 0 Å². The number of aliphatic carboxylic acids is 1. The van der Waals surface area contributed by atoms with Crippen LogP contribution in [0.1, 0.15) is 48.6 Å². The van der Waals surface area contributed by atoms with Crippen molar-refractivity contribution < 1.29 is 14.6 Å². The first-order chi connectivity index (χ1) is 16.0. The minimum Gasteiger partial charge on any atom is -0.481 e. The normalized spacial score (nSPS) is 25.3. The largest absolute Gasteiger partial charge is 0.481 e. The predicted octanol–water partition coefficient (Wildman–Crippen LogP) is 3.63. The van der Waals surface area contributed by atoms with E-state index in [-0.39, 0.29) is 17.9 Å². The zero-order valence-electron chi connectivity index (χ0n) is 19.1. The van der Waals surface area contributed by atoms with Crippen LogP contribution < -0.4 is 4.90 Å². The molecule has 4 heterocycles. The number of carbonyl (C=O) groups is 1. The second-order valence-electron chi connectivity index (χ2n) is 9.82.